The third-order valence-electron chi connectivity index (χ3n) is 6.12. The number of nitriles is 1. The number of halogens is 1. The van der Waals surface area contributed by atoms with Crippen LogP contribution in [-0.2, 0) is 16.1 Å². The minimum Gasteiger partial charge on any atom is -0.388 e. The van der Waals surface area contributed by atoms with E-state index >= 15 is 0 Å². The molecule has 0 aliphatic heterocycles. The summed E-state index contributed by atoms with van der Waals surface area (Å²) in [5.74, 6) is -0.458. The van der Waals surface area contributed by atoms with Crippen molar-refractivity contribution in [3.8, 4) is 6.07 Å². The summed E-state index contributed by atoms with van der Waals surface area (Å²) >= 11 is 0. The molecule has 1 atom stereocenters. The van der Waals surface area contributed by atoms with Crippen LogP contribution in [0.2, 0.25) is 0 Å². The third kappa shape index (κ3) is 17.9. The molecule has 0 aliphatic carbocycles. The number of nitrogens with zero attached hydrogens (tertiary/aromatic N) is 1. The molecule has 34 heavy (non-hydrogen) atoms. The highest BCUT2D eigenvalue weighted by atomic mass is 19.1. The van der Waals surface area contributed by atoms with Crippen molar-refractivity contribution in [1.82, 2.24) is 0 Å². The first-order chi connectivity index (χ1) is 16.7. The molecule has 1 rings (SSSR count). The number of hydrogen-bond acceptors (Lipinski definition) is 4. The first kappa shape index (κ1) is 30.6. The summed E-state index contributed by atoms with van der Waals surface area (Å²) in [7, 11) is 0. The quantitative estimate of drug-likeness (QED) is 0.163. The zero-order valence-electron chi connectivity index (χ0n) is 21.5. The molecule has 0 radical (unpaired) electrons. The second-order valence-corrected chi connectivity index (χ2v) is 9.51. The number of aliphatic hydroxyl groups excluding tert-OH is 1. The lowest BCUT2D eigenvalue weighted by Gasteiger charge is -2.12. The summed E-state index contributed by atoms with van der Waals surface area (Å²) in [5.41, 5.74) is 0.846. The van der Waals surface area contributed by atoms with Crippen LogP contribution in [0.3, 0.4) is 0 Å². The van der Waals surface area contributed by atoms with E-state index in [-0.39, 0.29) is 25.4 Å². The Bertz CT molecular complexity index is 647. The van der Waals surface area contributed by atoms with Crippen molar-refractivity contribution in [1.29, 1.82) is 5.26 Å². The smallest absolute Gasteiger partial charge is 0.124 e. The van der Waals surface area contributed by atoms with E-state index in [9.17, 15) is 9.50 Å². The normalized spacial score (nSPS) is 12.1. The average molecular weight is 478 g/mol. The van der Waals surface area contributed by atoms with E-state index in [4.69, 9.17) is 14.7 Å². The van der Waals surface area contributed by atoms with E-state index in [0.29, 0.717) is 12.2 Å². The van der Waals surface area contributed by atoms with E-state index in [1.165, 1.54) is 108 Å². The number of ether oxygens (including phenoxy) is 2. The number of unbranched alkanes of at least 4 members (excludes halogenated alkanes) is 15. The molecule has 1 unspecified atom stereocenters. The molecule has 0 saturated heterocycles. The molecule has 0 saturated carbocycles. The van der Waals surface area contributed by atoms with Gasteiger partial charge in [0.15, 0.2) is 0 Å². The van der Waals surface area contributed by atoms with Crippen LogP contribution >= 0.6 is 0 Å². The Balaban J connectivity index is 1.82. The first-order valence-corrected chi connectivity index (χ1v) is 13.7. The molecule has 0 aromatic heterocycles. The molecule has 0 spiro atoms. The molecule has 0 fully saturated rings. The van der Waals surface area contributed by atoms with Crippen molar-refractivity contribution >= 4 is 0 Å². The Hall–Kier alpha value is -1.48. The molecule has 1 N–H and O–H groups in total. The number of benzene rings is 1. The van der Waals surface area contributed by atoms with E-state index in [1.807, 2.05) is 6.07 Å². The first-order valence-electron chi connectivity index (χ1n) is 13.7. The second-order valence-electron chi connectivity index (χ2n) is 9.51. The molecule has 0 amide bonds. The van der Waals surface area contributed by atoms with Crippen LogP contribution in [-0.4, -0.2) is 31.0 Å². The lowest BCUT2D eigenvalue weighted by atomic mass is 10.0. The second kappa shape index (κ2) is 22.0. The lowest BCUT2D eigenvalue weighted by molar-refractivity contribution is -0.0240. The Morgan fingerprint density at radius 1 is 0.765 bits per heavy atom. The van der Waals surface area contributed by atoms with Gasteiger partial charge in [-0.1, -0.05) is 103 Å². The van der Waals surface area contributed by atoms with Crippen LogP contribution in [0.5, 0.6) is 0 Å². The van der Waals surface area contributed by atoms with Crippen molar-refractivity contribution in [2.24, 2.45) is 0 Å². The van der Waals surface area contributed by atoms with Crippen molar-refractivity contribution in [2.75, 3.05) is 19.8 Å². The molecule has 0 heterocycles. The van der Waals surface area contributed by atoms with E-state index in [1.54, 1.807) is 6.07 Å². The summed E-state index contributed by atoms with van der Waals surface area (Å²) in [4.78, 5) is 0. The summed E-state index contributed by atoms with van der Waals surface area (Å²) in [6.45, 7) is 3.45. The third-order valence-corrected chi connectivity index (χ3v) is 6.12. The number of hydrogen-bond donors (Lipinski definition) is 1. The average Bonchev–Trinajstić information content (AvgIpc) is 2.83. The van der Waals surface area contributed by atoms with Crippen molar-refractivity contribution in [2.45, 2.75) is 122 Å². The van der Waals surface area contributed by atoms with Gasteiger partial charge in [0.2, 0.25) is 0 Å². The van der Waals surface area contributed by atoms with Gasteiger partial charge < -0.3 is 14.6 Å². The van der Waals surface area contributed by atoms with Crippen molar-refractivity contribution in [3.63, 3.8) is 0 Å². The maximum Gasteiger partial charge on any atom is 0.124 e. The minimum atomic E-state index is -0.704. The van der Waals surface area contributed by atoms with Crippen LogP contribution in [0, 0.1) is 17.1 Å². The van der Waals surface area contributed by atoms with E-state index < -0.39 is 11.9 Å². The summed E-state index contributed by atoms with van der Waals surface area (Å²) in [5, 5.41) is 18.8. The van der Waals surface area contributed by atoms with Gasteiger partial charge in [-0.25, -0.2) is 4.39 Å². The molecule has 1 aromatic carbocycles. The largest absolute Gasteiger partial charge is 0.388 e. The van der Waals surface area contributed by atoms with Crippen molar-refractivity contribution < 1.29 is 19.0 Å². The SMILES string of the molecule is CCCCCCCCCCCCCCCCCCOCC(O)COCc1cc(F)cc(C#N)c1. The minimum absolute atomic E-state index is 0.122. The van der Waals surface area contributed by atoms with Gasteiger partial charge in [-0.3, -0.25) is 0 Å². The highest BCUT2D eigenvalue weighted by Gasteiger charge is 2.06. The van der Waals surface area contributed by atoms with Gasteiger partial charge in [0.1, 0.15) is 11.9 Å². The predicted molar refractivity (Wildman–Crippen MR) is 137 cm³/mol. The molecular weight excluding hydrogens is 429 g/mol. The fourth-order valence-electron chi connectivity index (χ4n) is 4.13. The molecule has 194 valence electrons. The molecular formula is C29H48FNO3. The van der Waals surface area contributed by atoms with E-state index in [0.717, 1.165) is 6.42 Å². The Morgan fingerprint density at radius 2 is 1.26 bits per heavy atom. The highest BCUT2D eigenvalue weighted by Crippen LogP contribution is 2.14. The van der Waals surface area contributed by atoms with Crippen LogP contribution in [0.4, 0.5) is 4.39 Å². The Morgan fingerprint density at radius 3 is 1.79 bits per heavy atom. The maximum atomic E-state index is 13.4. The zero-order valence-corrected chi connectivity index (χ0v) is 21.5. The monoisotopic (exact) mass is 477 g/mol. The van der Waals surface area contributed by atoms with Gasteiger partial charge >= 0.3 is 0 Å². The molecule has 4 nitrogen and oxygen atoms in total. The summed E-state index contributed by atoms with van der Waals surface area (Å²) in [6.07, 6.45) is 20.8. The van der Waals surface area contributed by atoms with Gasteiger partial charge in [-0.05, 0) is 30.2 Å². The lowest BCUT2D eigenvalue weighted by Crippen LogP contribution is -2.22. The molecule has 5 heteroatoms. The van der Waals surface area contributed by atoms with E-state index in [2.05, 4.69) is 6.92 Å². The van der Waals surface area contributed by atoms with Crippen LogP contribution in [0.25, 0.3) is 0 Å². The van der Waals surface area contributed by atoms with Gasteiger partial charge in [-0.15, -0.1) is 0 Å². The highest BCUT2D eigenvalue weighted by molar-refractivity contribution is 5.33. The zero-order chi connectivity index (χ0) is 24.7. The topological polar surface area (TPSA) is 62.5 Å². The fraction of sp³-hybridized carbons (Fsp3) is 0.759. The summed E-state index contributed by atoms with van der Waals surface area (Å²) < 4.78 is 24.3. The van der Waals surface area contributed by atoms with Gasteiger partial charge in [0, 0.05) is 6.61 Å². The number of rotatable bonds is 23. The van der Waals surface area contributed by atoms with Crippen LogP contribution in [0.15, 0.2) is 18.2 Å². The van der Waals surface area contributed by atoms with Gasteiger partial charge in [0.05, 0.1) is 31.5 Å². The van der Waals surface area contributed by atoms with Crippen LogP contribution < -0.4 is 0 Å². The molecule has 0 aliphatic rings. The standard InChI is InChI=1S/C29H48FNO3/c1-2-3-4-5-6-7-8-9-10-11-12-13-14-15-16-17-18-33-24-29(32)25-34-23-27-19-26(22-31)20-28(30)21-27/h19-21,29,32H,2-18,23-25H2,1H3. The Kier molecular flexibility index (Phi) is 19.8. The fourth-order valence-corrected chi connectivity index (χ4v) is 4.13. The van der Waals surface area contributed by atoms with Crippen molar-refractivity contribution in [3.05, 3.63) is 35.1 Å². The van der Waals surface area contributed by atoms with Crippen LogP contribution in [0.1, 0.15) is 121 Å². The van der Waals surface area contributed by atoms with Gasteiger partial charge in [0.25, 0.3) is 0 Å². The molecule has 1 aromatic rings. The maximum absolute atomic E-state index is 13.4. The Labute approximate surface area is 207 Å². The number of aliphatic hydroxyl groups is 1. The predicted octanol–water partition coefficient (Wildman–Crippen LogP) is 7.85. The molecule has 0 bridgehead atoms. The summed E-state index contributed by atoms with van der Waals surface area (Å²) in [6, 6.07) is 6.02. The van der Waals surface area contributed by atoms with Gasteiger partial charge in [-0.2, -0.15) is 5.26 Å².